The SMILES string of the molecule is COc1cc(C(=O)Nc2nc(C)c(Cc3ccc(C)cc3)s2)cc(OC)c1OCC(N)=O. The fourth-order valence-corrected chi connectivity index (χ4v) is 3.99. The minimum absolute atomic E-state index is 0.191. The van der Waals surface area contributed by atoms with E-state index in [9.17, 15) is 9.59 Å². The van der Waals surface area contributed by atoms with Crippen LogP contribution in [0.4, 0.5) is 5.13 Å². The number of hydrogen-bond donors (Lipinski definition) is 2. The number of amides is 2. The zero-order valence-corrected chi connectivity index (χ0v) is 19.2. The molecule has 0 saturated carbocycles. The first-order valence-electron chi connectivity index (χ1n) is 9.81. The van der Waals surface area contributed by atoms with E-state index < -0.39 is 5.91 Å². The van der Waals surface area contributed by atoms with Gasteiger partial charge in [0.15, 0.2) is 23.2 Å². The maximum Gasteiger partial charge on any atom is 0.257 e. The lowest BCUT2D eigenvalue weighted by molar-refractivity contribution is -0.120. The van der Waals surface area contributed by atoms with Crippen molar-refractivity contribution in [3.8, 4) is 17.2 Å². The molecule has 0 aliphatic carbocycles. The summed E-state index contributed by atoms with van der Waals surface area (Å²) in [6.45, 7) is 3.63. The standard InChI is InChI=1S/C23H25N3O5S/c1-13-5-7-15(8-6-13)9-19-14(2)25-23(32-19)26-22(28)16-10-17(29-3)21(18(11-16)30-4)31-12-20(24)27/h5-8,10-11H,9,12H2,1-4H3,(H2,24,27)(H,25,26,28). The minimum atomic E-state index is -0.642. The number of aromatic nitrogens is 1. The van der Waals surface area contributed by atoms with Gasteiger partial charge in [-0.05, 0) is 31.5 Å². The molecule has 0 fully saturated rings. The number of rotatable bonds is 9. The molecule has 0 saturated heterocycles. The summed E-state index contributed by atoms with van der Waals surface area (Å²) in [4.78, 5) is 29.5. The molecule has 2 amide bonds. The van der Waals surface area contributed by atoms with Crippen LogP contribution in [0.3, 0.4) is 0 Å². The number of carbonyl (C=O) groups excluding carboxylic acids is 2. The first-order valence-corrected chi connectivity index (χ1v) is 10.6. The summed E-state index contributed by atoms with van der Waals surface area (Å²) in [6.07, 6.45) is 0.743. The van der Waals surface area contributed by atoms with Gasteiger partial charge in [-0.1, -0.05) is 29.8 Å². The zero-order chi connectivity index (χ0) is 23.3. The van der Waals surface area contributed by atoms with Crippen LogP contribution < -0.4 is 25.3 Å². The van der Waals surface area contributed by atoms with Crippen LogP contribution in [0.1, 0.15) is 32.1 Å². The topological polar surface area (TPSA) is 113 Å². The van der Waals surface area contributed by atoms with Crippen molar-refractivity contribution >= 4 is 28.3 Å². The van der Waals surface area contributed by atoms with E-state index >= 15 is 0 Å². The van der Waals surface area contributed by atoms with Gasteiger partial charge in [-0.2, -0.15) is 0 Å². The van der Waals surface area contributed by atoms with Crippen molar-refractivity contribution in [2.75, 3.05) is 26.1 Å². The second kappa shape index (κ2) is 10.1. The molecule has 0 spiro atoms. The van der Waals surface area contributed by atoms with Crippen LogP contribution in [-0.4, -0.2) is 37.6 Å². The maximum absolute atomic E-state index is 12.9. The van der Waals surface area contributed by atoms with Crippen molar-refractivity contribution in [2.24, 2.45) is 5.73 Å². The normalized spacial score (nSPS) is 10.5. The third kappa shape index (κ3) is 5.55. The Hall–Kier alpha value is -3.59. The quantitative estimate of drug-likeness (QED) is 0.511. The van der Waals surface area contributed by atoms with Crippen LogP contribution in [0, 0.1) is 13.8 Å². The number of nitrogens with two attached hydrogens (primary N) is 1. The van der Waals surface area contributed by atoms with Crippen molar-refractivity contribution in [1.82, 2.24) is 4.98 Å². The second-order valence-electron chi connectivity index (χ2n) is 7.11. The Morgan fingerprint density at radius 2 is 1.69 bits per heavy atom. The highest BCUT2D eigenvalue weighted by atomic mass is 32.1. The molecule has 0 bridgehead atoms. The molecule has 8 nitrogen and oxygen atoms in total. The number of nitrogens with one attached hydrogen (secondary N) is 1. The van der Waals surface area contributed by atoms with E-state index in [4.69, 9.17) is 19.9 Å². The Morgan fingerprint density at radius 3 is 2.25 bits per heavy atom. The van der Waals surface area contributed by atoms with Crippen molar-refractivity contribution in [3.05, 3.63) is 63.7 Å². The number of methoxy groups -OCH3 is 2. The highest BCUT2D eigenvalue weighted by molar-refractivity contribution is 7.15. The van der Waals surface area contributed by atoms with Crippen molar-refractivity contribution in [1.29, 1.82) is 0 Å². The van der Waals surface area contributed by atoms with E-state index in [1.54, 1.807) is 0 Å². The second-order valence-corrected chi connectivity index (χ2v) is 8.19. The summed E-state index contributed by atoms with van der Waals surface area (Å²) < 4.78 is 16.0. The Bertz CT molecular complexity index is 1100. The van der Waals surface area contributed by atoms with Crippen LogP contribution in [0.2, 0.25) is 0 Å². The van der Waals surface area contributed by atoms with Crippen molar-refractivity contribution in [3.63, 3.8) is 0 Å². The van der Waals surface area contributed by atoms with Gasteiger partial charge in [-0.15, -0.1) is 11.3 Å². The third-order valence-corrected chi connectivity index (χ3v) is 5.75. The third-order valence-electron chi connectivity index (χ3n) is 4.68. The number of anilines is 1. The van der Waals surface area contributed by atoms with Crippen molar-refractivity contribution in [2.45, 2.75) is 20.3 Å². The van der Waals surface area contributed by atoms with Gasteiger partial charge in [0, 0.05) is 16.9 Å². The van der Waals surface area contributed by atoms with Crippen LogP contribution in [0.5, 0.6) is 17.2 Å². The van der Waals surface area contributed by atoms with Crippen LogP contribution in [0.15, 0.2) is 36.4 Å². The smallest absolute Gasteiger partial charge is 0.257 e. The summed E-state index contributed by atoms with van der Waals surface area (Å²) in [5.74, 6) is -0.344. The van der Waals surface area contributed by atoms with Gasteiger partial charge in [0.1, 0.15) is 0 Å². The molecule has 3 rings (SSSR count). The summed E-state index contributed by atoms with van der Waals surface area (Å²) in [5.41, 5.74) is 8.69. The Morgan fingerprint density at radius 1 is 1.06 bits per heavy atom. The van der Waals surface area contributed by atoms with Crippen LogP contribution in [0.25, 0.3) is 0 Å². The number of ether oxygens (including phenoxy) is 3. The molecular weight excluding hydrogens is 430 g/mol. The molecule has 0 aliphatic rings. The maximum atomic E-state index is 12.9. The number of hydrogen-bond acceptors (Lipinski definition) is 7. The van der Waals surface area contributed by atoms with E-state index in [0.717, 1.165) is 17.0 Å². The summed E-state index contributed by atoms with van der Waals surface area (Å²) in [7, 11) is 2.85. The fraction of sp³-hybridized carbons (Fsp3) is 0.261. The average molecular weight is 456 g/mol. The first-order chi connectivity index (χ1) is 15.3. The molecule has 1 heterocycles. The van der Waals surface area contributed by atoms with Gasteiger partial charge in [0.2, 0.25) is 5.75 Å². The van der Waals surface area contributed by atoms with E-state index in [1.807, 2.05) is 6.92 Å². The van der Waals surface area contributed by atoms with E-state index in [1.165, 1.54) is 48.8 Å². The first kappa shape index (κ1) is 23.1. The Labute approximate surface area is 190 Å². The number of primary amides is 1. The van der Waals surface area contributed by atoms with Crippen LogP contribution in [-0.2, 0) is 11.2 Å². The number of benzene rings is 2. The van der Waals surface area contributed by atoms with Gasteiger partial charge < -0.3 is 19.9 Å². The highest BCUT2D eigenvalue weighted by Gasteiger charge is 2.19. The molecule has 2 aromatic carbocycles. The molecule has 0 aliphatic heterocycles. The molecule has 168 valence electrons. The lowest BCUT2D eigenvalue weighted by Gasteiger charge is -2.15. The van der Waals surface area contributed by atoms with Gasteiger partial charge in [0.25, 0.3) is 11.8 Å². The Balaban J connectivity index is 1.79. The van der Waals surface area contributed by atoms with E-state index in [-0.39, 0.29) is 35.3 Å². The number of nitrogens with zero attached hydrogens (tertiary/aromatic N) is 1. The van der Waals surface area contributed by atoms with E-state index in [0.29, 0.717) is 5.13 Å². The number of aryl methyl sites for hydroxylation is 2. The zero-order valence-electron chi connectivity index (χ0n) is 18.4. The molecule has 0 radical (unpaired) electrons. The lowest BCUT2D eigenvalue weighted by atomic mass is 10.1. The predicted octanol–water partition coefficient (Wildman–Crippen LogP) is 3.48. The molecule has 9 heteroatoms. The number of carbonyl (C=O) groups is 2. The van der Waals surface area contributed by atoms with Gasteiger partial charge in [0.05, 0.1) is 19.9 Å². The average Bonchev–Trinajstić information content (AvgIpc) is 3.11. The Kier molecular flexibility index (Phi) is 7.32. The lowest BCUT2D eigenvalue weighted by Crippen LogP contribution is -2.20. The number of thiazole rings is 1. The largest absolute Gasteiger partial charge is 0.493 e. The predicted molar refractivity (Wildman–Crippen MR) is 123 cm³/mol. The van der Waals surface area contributed by atoms with Crippen LogP contribution >= 0.6 is 11.3 Å². The van der Waals surface area contributed by atoms with E-state index in [2.05, 4.69) is 41.5 Å². The molecule has 0 unspecified atom stereocenters. The monoisotopic (exact) mass is 455 g/mol. The minimum Gasteiger partial charge on any atom is -0.493 e. The van der Waals surface area contributed by atoms with Gasteiger partial charge in [-0.25, -0.2) is 4.98 Å². The van der Waals surface area contributed by atoms with Crippen molar-refractivity contribution < 1.29 is 23.8 Å². The molecule has 3 N–H and O–H groups in total. The van der Waals surface area contributed by atoms with Gasteiger partial charge in [-0.3, -0.25) is 14.9 Å². The fourth-order valence-electron chi connectivity index (χ4n) is 3.00. The highest BCUT2D eigenvalue weighted by Crippen LogP contribution is 2.39. The summed E-state index contributed by atoms with van der Waals surface area (Å²) >= 11 is 1.43. The molecule has 3 aromatic rings. The summed E-state index contributed by atoms with van der Waals surface area (Å²) in [5, 5.41) is 3.33. The summed E-state index contributed by atoms with van der Waals surface area (Å²) in [6, 6.07) is 11.3. The molecule has 0 atom stereocenters. The molecule has 1 aromatic heterocycles. The molecule has 32 heavy (non-hydrogen) atoms. The molecular formula is C23H25N3O5S. The van der Waals surface area contributed by atoms with Gasteiger partial charge >= 0.3 is 0 Å².